The highest BCUT2D eigenvalue weighted by Crippen LogP contribution is 2.35. The van der Waals surface area contributed by atoms with Gasteiger partial charge in [0.15, 0.2) is 0 Å². The van der Waals surface area contributed by atoms with Crippen molar-refractivity contribution in [1.82, 2.24) is 0 Å². The van der Waals surface area contributed by atoms with E-state index in [-0.39, 0.29) is 0 Å². The number of rotatable bonds is 5. The minimum absolute atomic E-state index is 0.415. The van der Waals surface area contributed by atoms with Crippen LogP contribution in [-0.4, -0.2) is 19.3 Å². The summed E-state index contributed by atoms with van der Waals surface area (Å²) in [4.78, 5) is 0. The summed E-state index contributed by atoms with van der Waals surface area (Å²) >= 11 is 6.23. The summed E-state index contributed by atoms with van der Waals surface area (Å²) in [6.07, 6.45) is 2.94. The van der Waals surface area contributed by atoms with Crippen molar-refractivity contribution < 1.29 is 9.47 Å². The first-order chi connectivity index (χ1) is 8.15. The Kier molecular flexibility index (Phi) is 3.95. The molecule has 2 rings (SSSR count). The van der Waals surface area contributed by atoms with Crippen molar-refractivity contribution in [3.05, 3.63) is 28.8 Å². The Balaban J connectivity index is 1.99. The molecule has 1 aromatic carbocycles. The molecule has 0 N–H and O–H groups in total. The van der Waals surface area contributed by atoms with Crippen LogP contribution in [0, 0.1) is 5.92 Å². The van der Waals surface area contributed by atoms with Crippen LogP contribution < -0.4 is 4.74 Å². The first-order valence-corrected chi connectivity index (χ1v) is 6.51. The lowest BCUT2D eigenvalue weighted by atomic mass is 9.96. The normalized spacial score (nSPS) is 24.5. The number of hydrogen-bond donors (Lipinski definition) is 0. The first kappa shape index (κ1) is 12.7. The van der Waals surface area contributed by atoms with Gasteiger partial charge in [-0.25, -0.2) is 0 Å². The van der Waals surface area contributed by atoms with Crippen LogP contribution in [0.1, 0.15) is 25.8 Å². The number of ether oxygens (including phenoxy) is 2. The lowest BCUT2D eigenvalue weighted by Crippen LogP contribution is -2.10. The fourth-order valence-corrected chi connectivity index (χ4v) is 2.52. The molecule has 94 valence electrons. The molecule has 2 nitrogen and oxygen atoms in total. The van der Waals surface area contributed by atoms with Crippen LogP contribution in [0.25, 0.3) is 0 Å². The second kappa shape index (κ2) is 5.28. The number of methoxy groups -OCH3 is 1. The van der Waals surface area contributed by atoms with Crippen LogP contribution in [0.15, 0.2) is 18.2 Å². The highest BCUT2D eigenvalue weighted by molar-refractivity contribution is 6.31. The molecule has 17 heavy (non-hydrogen) atoms. The van der Waals surface area contributed by atoms with Gasteiger partial charge in [-0.05, 0) is 36.5 Å². The standard InChI is InChI=1S/C14H19ClO2/c1-4-13-14(17-13)9(2)7-10-5-6-11(16-3)8-12(10)15/h5-6,8-9,13-14H,4,7H2,1-3H3. The molecule has 1 fully saturated rings. The molecule has 0 spiro atoms. The molecule has 1 aliphatic heterocycles. The molecule has 0 radical (unpaired) electrons. The van der Waals surface area contributed by atoms with E-state index in [1.54, 1.807) is 7.11 Å². The van der Waals surface area contributed by atoms with E-state index in [2.05, 4.69) is 13.8 Å². The van der Waals surface area contributed by atoms with Gasteiger partial charge in [-0.3, -0.25) is 0 Å². The van der Waals surface area contributed by atoms with Crippen molar-refractivity contribution >= 4 is 11.6 Å². The van der Waals surface area contributed by atoms with Gasteiger partial charge in [-0.2, -0.15) is 0 Å². The minimum atomic E-state index is 0.415. The van der Waals surface area contributed by atoms with E-state index in [0.717, 1.165) is 23.6 Å². The summed E-state index contributed by atoms with van der Waals surface area (Å²) in [7, 11) is 1.65. The predicted octanol–water partition coefficient (Wildman–Crippen LogP) is 3.70. The molecule has 0 bridgehead atoms. The Labute approximate surface area is 108 Å². The zero-order valence-electron chi connectivity index (χ0n) is 10.6. The Morgan fingerprint density at radius 1 is 1.47 bits per heavy atom. The molecule has 3 unspecified atom stereocenters. The molecule has 1 aromatic rings. The van der Waals surface area contributed by atoms with Crippen molar-refractivity contribution in [3.8, 4) is 5.75 Å². The number of hydrogen-bond acceptors (Lipinski definition) is 2. The lowest BCUT2D eigenvalue weighted by Gasteiger charge is -2.11. The van der Waals surface area contributed by atoms with E-state index in [9.17, 15) is 0 Å². The average Bonchev–Trinajstić information content (AvgIpc) is 3.11. The van der Waals surface area contributed by atoms with Crippen molar-refractivity contribution in [2.45, 2.75) is 38.9 Å². The number of halogens is 1. The van der Waals surface area contributed by atoms with Gasteiger partial charge in [-0.1, -0.05) is 31.5 Å². The zero-order valence-corrected chi connectivity index (χ0v) is 11.3. The summed E-state index contributed by atoms with van der Waals surface area (Å²) in [5.74, 6) is 1.33. The molecule has 1 heterocycles. The summed E-state index contributed by atoms with van der Waals surface area (Å²) in [5.41, 5.74) is 1.17. The van der Waals surface area contributed by atoms with Crippen molar-refractivity contribution in [2.75, 3.05) is 7.11 Å². The summed E-state index contributed by atoms with van der Waals surface area (Å²) in [6.45, 7) is 4.39. The SMILES string of the molecule is CCC1OC1C(C)Cc1ccc(OC)cc1Cl. The van der Waals surface area contributed by atoms with Crippen LogP contribution in [0.3, 0.4) is 0 Å². The summed E-state index contributed by atoms with van der Waals surface area (Å²) in [5, 5.41) is 0.782. The second-order valence-corrected chi connectivity index (χ2v) is 5.09. The van der Waals surface area contributed by atoms with Crippen LogP contribution in [0.4, 0.5) is 0 Å². The smallest absolute Gasteiger partial charge is 0.120 e. The maximum absolute atomic E-state index is 6.23. The monoisotopic (exact) mass is 254 g/mol. The summed E-state index contributed by atoms with van der Waals surface area (Å²) < 4.78 is 10.8. The van der Waals surface area contributed by atoms with Gasteiger partial charge in [0.05, 0.1) is 19.3 Å². The van der Waals surface area contributed by atoms with E-state index in [4.69, 9.17) is 21.1 Å². The maximum atomic E-state index is 6.23. The fourth-order valence-electron chi connectivity index (χ4n) is 2.27. The van der Waals surface area contributed by atoms with Gasteiger partial charge in [0.1, 0.15) is 5.75 Å². The molecule has 0 amide bonds. The molecule has 0 aromatic heterocycles. The van der Waals surface area contributed by atoms with Crippen LogP contribution in [-0.2, 0) is 11.2 Å². The first-order valence-electron chi connectivity index (χ1n) is 6.13. The van der Waals surface area contributed by atoms with Gasteiger partial charge >= 0.3 is 0 Å². The van der Waals surface area contributed by atoms with Gasteiger partial charge < -0.3 is 9.47 Å². The highest BCUT2D eigenvalue weighted by atomic mass is 35.5. The van der Waals surface area contributed by atoms with Crippen molar-refractivity contribution in [2.24, 2.45) is 5.92 Å². The van der Waals surface area contributed by atoms with E-state index in [1.807, 2.05) is 18.2 Å². The van der Waals surface area contributed by atoms with Gasteiger partial charge in [0, 0.05) is 5.02 Å². The predicted molar refractivity (Wildman–Crippen MR) is 69.8 cm³/mol. The van der Waals surface area contributed by atoms with Gasteiger partial charge in [-0.15, -0.1) is 0 Å². The minimum Gasteiger partial charge on any atom is -0.497 e. The lowest BCUT2D eigenvalue weighted by molar-refractivity contribution is 0.322. The molecular weight excluding hydrogens is 236 g/mol. The number of epoxide rings is 1. The quantitative estimate of drug-likeness (QED) is 0.748. The molecule has 0 saturated carbocycles. The second-order valence-electron chi connectivity index (χ2n) is 4.69. The largest absolute Gasteiger partial charge is 0.497 e. The molecule has 3 heteroatoms. The zero-order chi connectivity index (χ0) is 12.4. The molecule has 1 saturated heterocycles. The Hall–Kier alpha value is -0.730. The van der Waals surface area contributed by atoms with Crippen molar-refractivity contribution in [1.29, 1.82) is 0 Å². The van der Waals surface area contributed by atoms with Crippen LogP contribution in [0.5, 0.6) is 5.75 Å². The summed E-state index contributed by atoms with van der Waals surface area (Å²) in [6, 6.07) is 5.87. The van der Waals surface area contributed by atoms with Crippen LogP contribution in [0.2, 0.25) is 5.02 Å². The Morgan fingerprint density at radius 3 is 2.76 bits per heavy atom. The third-order valence-electron chi connectivity index (χ3n) is 3.39. The van der Waals surface area contributed by atoms with E-state index in [1.165, 1.54) is 5.56 Å². The van der Waals surface area contributed by atoms with E-state index in [0.29, 0.717) is 18.1 Å². The molecular formula is C14H19ClO2. The average molecular weight is 255 g/mol. The number of benzene rings is 1. The molecule has 1 aliphatic rings. The molecule has 0 aliphatic carbocycles. The third-order valence-corrected chi connectivity index (χ3v) is 3.74. The third kappa shape index (κ3) is 2.93. The molecule has 3 atom stereocenters. The van der Waals surface area contributed by atoms with Gasteiger partial charge in [0.2, 0.25) is 0 Å². The Morgan fingerprint density at radius 2 is 2.24 bits per heavy atom. The Bertz CT molecular complexity index is 392. The fraction of sp³-hybridized carbons (Fsp3) is 0.571. The van der Waals surface area contributed by atoms with E-state index < -0.39 is 0 Å². The van der Waals surface area contributed by atoms with Crippen molar-refractivity contribution in [3.63, 3.8) is 0 Å². The topological polar surface area (TPSA) is 21.8 Å². The maximum Gasteiger partial charge on any atom is 0.120 e. The van der Waals surface area contributed by atoms with Gasteiger partial charge in [0.25, 0.3) is 0 Å². The highest BCUT2D eigenvalue weighted by Gasteiger charge is 2.41. The van der Waals surface area contributed by atoms with E-state index >= 15 is 0 Å². The van der Waals surface area contributed by atoms with Crippen LogP contribution >= 0.6 is 11.6 Å².